The van der Waals surface area contributed by atoms with Gasteiger partial charge in [-0.2, -0.15) is 0 Å². The first-order chi connectivity index (χ1) is 16.4. The Hall–Kier alpha value is -2.43. The van der Waals surface area contributed by atoms with E-state index < -0.39 is 11.9 Å². The molecule has 0 radical (unpaired) electrons. The Morgan fingerprint density at radius 3 is 2.68 bits per heavy atom. The molecule has 5 rings (SSSR count). The standard InChI is InChI=1S/C29H36O5/c1-29-13-11-24-23-10-8-22(30)16-21(23)7-9-25(24)26(29)15-19(17-29)12-14-33-27(31)18-34-28(32)20-5-3-2-4-6-20/h2-6,16,19,23-26H,7-15,17-18H2,1H3/t19-,23-,24+,25+,26-,29+/m0/s1. The Morgan fingerprint density at radius 1 is 1.03 bits per heavy atom. The van der Waals surface area contributed by atoms with Crippen molar-refractivity contribution in [3.05, 3.63) is 47.5 Å². The Morgan fingerprint density at radius 2 is 1.85 bits per heavy atom. The number of fused-ring (bicyclic) bond motifs is 5. The van der Waals surface area contributed by atoms with E-state index in [-0.39, 0.29) is 6.61 Å². The van der Waals surface area contributed by atoms with Crippen LogP contribution in [0.15, 0.2) is 42.0 Å². The summed E-state index contributed by atoms with van der Waals surface area (Å²) in [6.07, 6.45) is 12.0. The summed E-state index contributed by atoms with van der Waals surface area (Å²) in [6.45, 7) is 2.53. The molecule has 182 valence electrons. The summed E-state index contributed by atoms with van der Waals surface area (Å²) in [6, 6.07) is 8.67. The second-order valence-electron chi connectivity index (χ2n) is 11.3. The number of benzene rings is 1. The van der Waals surface area contributed by atoms with Crippen LogP contribution in [0.5, 0.6) is 0 Å². The number of carbonyl (C=O) groups is 3. The van der Waals surface area contributed by atoms with Gasteiger partial charge < -0.3 is 9.47 Å². The van der Waals surface area contributed by atoms with Crippen molar-refractivity contribution >= 4 is 17.7 Å². The molecule has 0 aliphatic heterocycles. The number of hydrogen-bond donors (Lipinski definition) is 0. The molecule has 0 bridgehead atoms. The maximum absolute atomic E-state index is 12.1. The highest BCUT2D eigenvalue weighted by Gasteiger charge is 2.54. The second-order valence-corrected chi connectivity index (χ2v) is 11.3. The minimum atomic E-state index is -0.507. The highest BCUT2D eigenvalue weighted by Crippen LogP contribution is 2.63. The van der Waals surface area contributed by atoms with Crippen molar-refractivity contribution in [1.29, 1.82) is 0 Å². The van der Waals surface area contributed by atoms with E-state index in [0.29, 0.717) is 35.2 Å². The second kappa shape index (κ2) is 9.67. The third kappa shape index (κ3) is 4.71. The van der Waals surface area contributed by atoms with E-state index in [1.165, 1.54) is 37.7 Å². The Bertz CT molecular complexity index is 966. The summed E-state index contributed by atoms with van der Waals surface area (Å²) in [4.78, 5) is 36.0. The Labute approximate surface area is 202 Å². The lowest BCUT2D eigenvalue weighted by Crippen LogP contribution is -2.44. The van der Waals surface area contributed by atoms with Gasteiger partial charge in [-0.25, -0.2) is 9.59 Å². The minimum absolute atomic E-state index is 0.329. The number of carbonyl (C=O) groups excluding carboxylic acids is 3. The molecule has 4 aliphatic rings. The highest BCUT2D eigenvalue weighted by atomic mass is 16.6. The molecule has 4 aliphatic carbocycles. The summed E-state index contributed by atoms with van der Waals surface area (Å²) in [7, 11) is 0. The lowest BCUT2D eigenvalue weighted by atomic mass is 9.52. The van der Waals surface area contributed by atoms with Crippen LogP contribution in [0.2, 0.25) is 0 Å². The number of rotatable bonds is 6. The molecule has 5 nitrogen and oxygen atoms in total. The van der Waals surface area contributed by atoms with Crippen molar-refractivity contribution in [3.63, 3.8) is 0 Å². The molecule has 3 fully saturated rings. The summed E-state index contributed by atoms with van der Waals surface area (Å²) >= 11 is 0. The summed E-state index contributed by atoms with van der Waals surface area (Å²) in [5, 5.41) is 0. The van der Waals surface area contributed by atoms with Gasteiger partial charge in [0.15, 0.2) is 12.4 Å². The predicted octanol–water partition coefficient (Wildman–Crippen LogP) is 5.53. The monoisotopic (exact) mass is 464 g/mol. The van der Waals surface area contributed by atoms with Crippen LogP contribution in [0, 0.1) is 35.0 Å². The molecule has 0 saturated heterocycles. The van der Waals surface area contributed by atoms with E-state index in [2.05, 4.69) is 6.92 Å². The van der Waals surface area contributed by atoms with Crippen LogP contribution in [-0.4, -0.2) is 30.9 Å². The molecule has 0 heterocycles. The molecule has 0 N–H and O–H groups in total. The van der Waals surface area contributed by atoms with Crippen molar-refractivity contribution in [2.24, 2.45) is 35.0 Å². The molecule has 1 aromatic rings. The normalized spacial score (nSPS) is 34.3. The molecular formula is C29H36O5. The zero-order valence-corrected chi connectivity index (χ0v) is 20.2. The average molecular weight is 465 g/mol. The predicted molar refractivity (Wildman–Crippen MR) is 128 cm³/mol. The first kappa shape index (κ1) is 23.3. The van der Waals surface area contributed by atoms with Crippen LogP contribution < -0.4 is 0 Å². The van der Waals surface area contributed by atoms with Crippen LogP contribution in [0.25, 0.3) is 0 Å². The van der Waals surface area contributed by atoms with Gasteiger partial charge in [0.25, 0.3) is 0 Å². The first-order valence-corrected chi connectivity index (χ1v) is 13.0. The molecule has 3 saturated carbocycles. The third-order valence-electron chi connectivity index (χ3n) is 9.28. The Balaban J connectivity index is 1.10. The fourth-order valence-corrected chi connectivity index (χ4v) is 7.77. The number of ether oxygens (including phenoxy) is 2. The molecule has 0 spiro atoms. The third-order valence-corrected chi connectivity index (χ3v) is 9.28. The van der Waals surface area contributed by atoms with Crippen molar-refractivity contribution in [2.75, 3.05) is 13.2 Å². The highest BCUT2D eigenvalue weighted by molar-refractivity contribution is 5.91. The van der Waals surface area contributed by atoms with Crippen LogP contribution in [0.1, 0.15) is 75.1 Å². The number of hydrogen-bond acceptors (Lipinski definition) is 5. The SMILES string of the molecule is C[C@]12CC[C@H]3[C@@H](CCC4=CC(=O)CC[C@@H]43)[C@@H]1C[C@H](CCOC(=O)COC(=O)c1ccccc1)C2. The van der Waals surface area contributed by atoms with Gasteiger partial charge in [0.05, 0.1) is 12.2 Å². The van der Waals surface area contributed by atoms with Crippen molar-refractivity contribution in [1.82, 2.24) is 0 Å². The minimum Gasteiger partial charge on any atom is -0.463 e. The van der Waals surface area contributed by atoms with Crippen LogP contribution >= 0.6 is 0 Å². The van der Waals surface area contributed by atoms with E-state index in [9.17, 15) is 14.4 Å². The fraction of sp³-hybridized carbons (Fsp3) is 0.621. The van der Waals surface area contributed by atoms with E-state index in [0.717, 1.165) is 43.4 Å². The van der Waals surface area contributed by atoms with Crippen molar-refractivity contribution in [3.8, 4) is 0 Å². The van der Waals surface area contributed by atoms with Crippen LogP contribution in [0.3, 0.4) is 0 Å². The molecule has 34 heavy (non-hydrogen) atoms. The van der Waals surface area contributed by atoms with Gasteiger partial charge in [-0.15, -0.1) is 0 Å². The maximum Gasteiger partial charge on any atom is 0.344 e. The van der Waals surface area contributed by atoms with Crippen molar-refractivity contribution < 1.29 is 23.9 Å². The molecule has 0 unspecified atom stereocenters. The van der Waals surface area contributed by atoms with E-state index in [1.807, 2.05) is 12.1 Å². The largest absolute Gasteiger partial charge is 0.463 e. The number of esters is 2. The Kier molecular flexibility index (Phi) is 6.63. The first-order valence-electron chi connectivity index (χ1n) is 13.0. The summed E-state index contributed by atoms with van der Waals surface area (Å²) in [5.74, 6) is 2.84. The smallest absolute Gasteiger partial charge is 0.344 e. The van der Waals surface area contributed by atoms with E-state index >= 15 is 0 Å². The topological polar surface area (TPSA) is 69.7 Å². The molecule has 5 heteroatoms. The maximum atomic E-state index is 12.1. The molecule has 0 aromatic heterocycles. The van der Waals surface area contributed by atoms with E-state index in [4.69, 9.17) is 9.47 Å². The molecule has 0 amide bonds. The van der Waals surface area contributed by atoms with Gasteiger partial charge in [-0.05, 0) is 105 Å². The fourth-order valence-electron chi connectivity index (χ4n) is 7.77. The lowest BCUT2D eigenvalue weighted by molar-refractivity contribution is -0.147. The number of ketones is 1. The average Bonchev–Trinajstić information content (AvgIpc) is 3.19. The zero-order chi connectivity index (χ0) is 23.7. The van der Waals surface area contributed by atoms with Gasteiger partial charge >= 0.3 is 11.9 Å². The zero-order valence-electron chi connectivity index (χ0n) is 20.2. The van der Waals surface area contributed by atoms with Crippen LogP contribution in [0.4, 0.5) is 0 Å². The quantitative estimate of drug-likeness (QED) is 0.518. The van der Waals surface area contributed by atoms with E-state index in [1.54, 1.807) is 24.3 Å². The van der Waals surface area contributed by atoms with Gasteiger partial charge in [-0.1, -0.05) is 30.7 Å². The summed E-state index contributed by atoms with van der Waals surface area (Å²) < 4.78 is 10.5. The lowest BCUT2D eigenvalue weighted by Gasteiger charge is -2.52. The number of allylic oxidation sites excluding steroid dienone is 1. The van der Waals surface area contributed by atoms with Gasteiger partial charge in [-0.3, -0.25) is 4.79 Å². The molecule has 6 atom stereocenters. The van der Waals surface area contributed by atoms with Crippen LogP contribution in [-0.2, 0) is 19.1 Å². The molecule has 1 aromatic carbocycles. The van der Waals surface area contributed by atoms with Gasteiger partial charge in [0.2, 0.25) is 0 Å². The summed E-state index contributed by atoms with van der Waals surface area (Å²) in [5.41, 5.74) is 2.27. The van der Waals surface area contributed by atoms with Crippen molar-refractivity contribution in [2.45, 2.75) is 64.7 Å². The molecular weight excluding hydrogens is 428 g/mol. The van der Waals surface area contributed by atoms with Gasteiger partial charge in [0, 0.05) is 6.42 Å². The van der Waals surface area contributed by atoms with Gasteiger partial charge in [0.1, 0.15) is 0 Å².